The predicted octanol–water partition coefficient (Wildman–Crippen LogP) is 1.07. The Kier molecular flexibility index (Phi) is 8.07. The molecule has 0 aromatic heterocycles. The van der Waals surface area contributed by atoms with Crippen LogP contribution < -0.4 is 5.32 Å². The molecule has 3 N–H and O–H groups in total. The molecule has 1 amide bonds. The van der Waals surface area contributed by atoms with E-state index in [9.17, 15) is 14.7 Å². The highest BCUT2D eigenvalue weighted by Gasteiger charge is 2.24. The van der Waals surface area contributed by atoms with Gasteiger partial charge in [0.15, 0.2) is 0 Å². The van der Waals surface area contributed by atoms with Gasteiger partial charge in [-0.15, -0.1) is 0 Å². The summed E-state index contributed by atoms with van der Waals surface area (Å²) in [5.41, 5.74) is 0.805. The number of ether oxygens (including phenoxy) is 1. The van der Waals surface area contributed by atoms with Crippen LogP contribution in [0.3, 0.4) is 0 Å². The van der Waals surface area contributed by atoms with Crippen LogP contribution in [0, 0.1) is 0 Å². The van der Waals surface area contributed by atoms with Crippen molar-refractivity contribution in [3.05, 3.63) is 35.9 Å². The van der Waals surface area contributed by atoms with Gasteiger partial charge < -0.3 is 25.2 Å². The summed E-state index contributed by atoms with van der Waals surface area (Å²) in [5.74, 6) is -1.21. The predicted molar refractivity (Wildman–Crippen MR) is 85.0 cm³/mol. The van der Waals surface area contributed by atoms with Crippen LogP contribution in [0.2, 0.25) is 0 Å². The van der Waals surface area contributed by atoms with E-state index in [2.05, 4.69) is 5.32 Å². The first-order valence-corrected chi connectivity index (χ1v) is 7.49. The first kappa shape index (κ1) is 18.9. The zero-order valence-electron chi connectivity index (χ0n) is 13.4. The number of aliphatic carboxylic acids is 1. The molecule has 0 spiro atoms. The van der Waals surface area contributed by atoms with Crippen LogP contribution >= 0.6 is 0 Å². The third-order valence-corrected chi connectivity index (χ3v) is 3.37. The van der Waals surface area contributed by atoms with Crippen molar-refractivity contribution in [3.8, 4) is 0 Å². The van der Waals surface area contributed by atoms with Crippen molar-refractivity contribution in [2.75, 3.05) is 20.1 Å². The first-order chi connectivity index (χ1) is 10.9. The molecule has 0 heterocycles. The number of likely N-dealkylation sites (N-methyl/N-ethyl adjacent to an activating group) is 1. The van der Waals surface area contributed by atoms with Gasteiger partial charge in [0.2, 0.25) is 0 Å². The summed E-state index contributed by atoms with van der Waals surface area (Å²) in [6.45, 7) is 3.06. The number of aliphatic hydroxyl groups is 1. The number of alkyl carbamates (subject to hydrolysis) is 1. The van der Waals surface area contributed by atoms with Crippen molar-refractivity contribution in [1.82, 2.24) is 10.2 Å². The van der Waals surface area contributed by atoms with Gasteiger partial charge in [0.1, 0.15) is 12.6 Å². The molecule has 0 radical (unpaired) electrons. The number of carboxylic acid groups (broad SMARTS) is 1. The van der Waals surface area contributed by atoms with Crippen LogP contribution in [0.1, 0.15) is 18.9 Å². The average Bonchev–Trinajstić information content (AvgIpc) is 2.53. The molecule has 0 saturated carbocycles. The molecule has 1 rings (SSSR count). The van der Waals surface area contributed by atoms with Crippen molar-refractivity contribution in [1.29, 1.82) is 0 Å². The zero-order chi connectivity index (χ0) is 17.2. The van der Waals surface area contributed by atoms with Crippen molar-refractivity contribution in [3.63, 3.8) is 0 Å². The van der Waals surface area contributed by atoms with Crippen LogP contribution in [-0.4, -0.2) is 59.5 Å². The molecule has 0 fully saturated rings. The topological polar surface area (TPSA) is 99.1 Å². The van der Waals surface area contributed by atoms with Gasteiger partial charge in [0, 0.05) is 13.0 Å². The van der Waals surface area contributed by atoms with E-state index >= 15 is 0 Å². The van der Waals surface area contributed by atoms with E-state index in [-0.39, 0.29) is 13.0 Å². The van der Waals surface area contributed by atoms with Crippen LogP contribution in [-0.2, 0) is 16.1 Å². The molecule has 0 aliphatic heterocycles. The second-order valence-corrected chi connectivity index (χ2v) is 5.34. The Morgan fingerprint density at radius 2 is 1.96 bits per heavy atom. The van der Waals surface area contributed by atoms with E-state index in [1.54, 1.807) is 12.1 Å². The Morgan fingerprint density at radius 3 is 2.52 bits per heavy atom. The Balaban J connectivity index is 2.45. The lowest BCUT2D eigenvalue weighted by Crippen LogP contribution is -2.44. The van der Waals surface area contributed by atoms with Gasteiger partial charge in [-0.3, -0.25) is 0 Å². The number of benzene rings is 1. The van der Waals surface area contributed by atoms with Gasteiger partial charge in [-0.25, -0.2) is 9.59 Å². The maximum Gasteiger partial charge on any atom is 0.408 e. The van der Waals surface area contributed by atoms with E-state index in [1.165, 1.54) is 0 Å². The summed E-state index contributed by atoms with van der Waals surface area (Å²) in [6, 6.07) is 7.88. The van der Waals surface area contributed by atoms with E-state index in [4.69, 9.17) is 9.84 Å². The van der Waals surface area contributed by atoms with Crippen LogP contribution in [0.15, 0.2) is 30.3 Å². The molecule has 1 aromatic rings. The van der Waals surface area contributed by atoms with Crippen LogP contribution in [0.25, 0.3) is 0 Å². The molecule has 2 atom stereocenters. The van der Waals surface area contributed by atoms with E-state index in [0.29, 0.717) is 6.54 Å². The molecule has 0 aliphatic rings. The minimum Gasteiger partial charge on any atom is -0.480 e. The largest absolute Gasteiger partial charge is 0.480 e. The second kappa shape index (κ2) is 9.81. The fraction of sp³-hybridized carbons (Fsp3) is 0.500. The van der Waals surface area contributed by atoms with Gasteiger partial charge in [-0.1, -0.05) is 37.3 Å². The minimum absolute atomic E-state index is 0.0557. The lowest BCUT2D eigenvalue weighted by atomic mass is 10.1. The molecule has 1 aromatic carbocycles. The molecule has 0 aliphatic carbocycles. The number of amides is 1. The van der Waals surface area contributed by atoms with E-state index in [1.807, 2.05) is 37.1 Å². The second-order valence-electron chi connectivity index (χ2n) is 5.34. The number of nitrogens with zero attached hydrogens (tertiary/aromatic N) is 1. The smallest absolute Gasteiger partial charge is 0.408 e. The lowest BCUT2D eigenvalue weighted by molar-refractivity contribution is -0.140. The summed E-state index contributed by atoms with van der Waals surface area (Å²) < 4.78 is 4.99. The number of carbonyl (C=O) groups excluding carboxylic acids is 1. The Labute approximate surface area is 135 Å². The summed E-state index contributed by atoms with van der Waals surface area (Å²) in [7, 11) is 1.82. The molecule has 23 heavy (non-hydrogen) atoms. The lowest BCUT2D eigenvalue weighted by Gasteiger charge is -2.22. The van der Waals surface area contributed by atoms with E-state index in [0.717, 1.165) is 12.1 Å². The molecule has 128 valence electrons. The van der Waals surface area contributed by atoms with Gasteiger partial charge in [0.05, 0.1) is 6.10 Å². The van der Waals surface area contributed by atoms with Crippen molar-refractivity contribution in [2.45, 2.75) is 32.1 Å². The molecule has 0 saturated heterocycles. The van der Waals surface area contributed by atoms with Crippen LogP contribution in [0.4, 0.5) is 4.79 Å². The summed E-state index contributed by atoms with van der Waals surface area (Å²) >= 11 is 0. The number of hydrogen-bond donors (Lipinski definition) is 3. The van der Waals surface area contributed by atoms with Gasteiger partial charge in [0.25, 0.3) is 0 Å². The maximum atomic E-state index is 11.7. The highest BCUT2D eigenvalue weighted by molar-refractivity contribution is 5.79. The fourth-order valence-electron chi connectivity index (χ4n) is 1.96. The summed E-state index contributed by atoms with van der Waals surface area (Å²) in [6.07, 6.45) is -1.76. The number of hydrogen-bond acceptors (Lipinski definition) is 5. The Morgan fingerprint density at radius 1 is 1.30 bits per heavy atom. The van der Waals surface area contributed by atoms with Gasteiger partial charge >= 0.3 is 12.1 Å². The average molecular weight is 324 g/mol. The minimum atomic E-state index is -1.21. The van der Waals surface area contributed by atoms with Crippen molar-refractivity contribution in [2.24, 2.45) is 0 Å². The van der Waals surface area contributed by atoms with Gasteiger partial charge in [-0.05, 0) is 19.2 Å². The quantitative estimate of drug-likeness (QED) is 0.628. The number of nitrogens with one attached hydrogen (secondary N) is 1. The molecule has 0 bridgehead atoms. The Hall–Kier alpha value is -2.12. The SMILES string of the molecule is CCN(C)CC(O)CC(NC(=O)OCc1ccccc1)C(=O)O. The third kappa shape index (κ3) is 7.62. The number of aliphatic hydroxyl groups excluding tert-OH is 1. The third-order valence-electron chi connectivity index (χ3n) is 3.37. The number of carboxylic acids is 1. The standard InChI is InChI=1S/C16H24N2O5/c1-3-18(2)10-13(19)9-14(15(20)21)17-16(22)23-11-12-7-5-4-6-8-12/h4-8,13-14,19H,3,9-11H2,1-2H3,(H,17,22)(H,20,21). The zero-order valence-corrected chi connectivity index (χ0v) is 13.4. The van der Waals surface area contributed by atoms with Crippen LogP contribution in [0.5, 0.6) is 0 Å². The molecular weight excluding hydrogens is 300 g/mol. The van der Waals surface area contributed by atoms with Crippen molar-refractivity contribution < 1.29 is 24.5 Å². The summed E-state index contributed by atoms with van der Waals surface area (Å²) in [5, 5.41) is 21.3. The summed E-state index contributed by atoms with van der Waals surface area (Å²) in [4.78, 5) is 24.8. The molecular formula is C16H24N2O5. The highest BCUT2D eigenvalue weighted by atomic mass is 16.5. The molecule has 7 nitrogen and oxygen atoms in total. The maximum absolute atomic E-state index is 11.7. The number of rotatable bonds is 9. The van der Waals surface area contributed by atoms with Gasteiger partial charge in [-0.2, -0.15) is 0 Å². The number of carbonyl (C=O) groups is 2. The highest BCUT2D eigenvalue weighted by Crippen LogP contribution is 2.04. The first-order valence-electron chi connectivity index (χ1n) is 7.49. The fourth-order valence-corrected chi connectivity index (χ4v) is 1.96. The molecule has 7 heteroatoms. The molecule has 2 unspecified atom stereocenters. The normalized spacial score (nSPS) is 13.4. The van der Waals surface area contributed by atoms with Crippen molar-refractivity contribution >= 4 is 12.1 Å². The monoisotopic (exact) mass is 324 g/mol. The Bertz CT molecular complexity index is 495. The van der Waals surface area contributed by atoms with E-state index < -0.39 is 24.2 Å².